The molecule has 2 aromatic carbocycles. The molecule has 0 fully saturated rings. The van der Waals surface area contributed by atoms with Gasteiger partial charge in [-0.15, -0.1) is 0 Å². The lowest BCUT2D eigenvalue weighted by Crippen LogP contribution is -2.20. The molecule has 0 aliphatic heterocycles. The van der Waals surface area contributed by atoms with E-state index in [-0.39, 0.29) is 18.9 Å². The number of carbonyl (C=O) groups is 1. The highest BCUT2D eigenvalue weighted by Crippen LogP contribution is 2.19. The van der Waals surface area contributed by atoms with Gasteiger partial charge in [-0.2, -0.15) is 0 Å². The molecule has 6 heteroatoms. The van der Waals surface area contributed by atoms with E-state index < -0.39 is 5.76 Å². The molecule has 1 N–H and O–H groups in total. The summed E-state index contributed by atoms with van der Waals surface area (Å²) >= 11 is 5.95. The zero-order valence-electron chi connectivity index (χ0n) is 12.5. The Hall–Kier alpha value is -2.53. The number of carbonyl (C=O) groups excluding carboxylic acids is 1. The van der Waals surface area contributed by atoms with Gasteiger partial charge in [0, 0.05) is 23.7 Å². The Bertz CT molecular complexity index is 927. The highest BCUT2D eigenvalue weighted by Gasteiger charge is 2.12. The van der Waals surface area contributed by atoms with Gasteiger partial charge in [-0.25, -0.2) is 4.79 Å². The van der Waals surface area contributed by atoms with Crippen LogP contribution < -0.4 is 11.1 Å². The summed E-state index contributed by atoms with van der Waals surface area (Å²) in [6.45, 7) is 2.15. The van der Waals surface area contributed by atoms with Crippen LogP contribution in [0.5, 0.6) is 0 Å². The van der Waals surface area contributed by atoms with Gasteiger partial charge >= 0.3 is 5.76 Å². The number of nitrogens with zero attached hydrogens (tertiary/aromatic N) is 1. The van der Waals surface area contributed by atoms with Crippen LogP contribution in [0.4, 0.5) is 5.69 Å². The Labute approximate surface area is 137 Å². The van der Waals surface area contributed by atoms with Crippen LogP contribution >= 0.6 is 11.6 Å². The summed E-state index contributed by atoms with van der Waals surface area (Å²) in [6.07, 6.45) is 0.162. The normalized spacial score (nSPS) is 10.9. The largest absolute Gasteiger partial charge is 0.419 e. The van der Waals surface area contributed by atoms with Gasteiger partial charge < -0.3 is 9.73 Å². The number of halogens is 1. The Morgan fingerprint density at radius 1 is 1.26 bits per heavy atom. The molecular formula is C17H15ClN2O3. The second-order valence-electron chi connectivity index (χ2n) is 5.24. The van der Waals surface area contributed by atoms with Gasteiger partial charge in [0.2, 0.25) is 5.91 Å². The molecular weight excluding hydrogens is 316 g/mol. The molecule has 5 nitrogen and oxygen atoms in total. The SMILES string of the molecule is Cc1ccccc1NC(=O)CCn1c(=O)oc2ccc(Cl)cc21. The third-order valence-electron chi connectivity index (χ3n) is 3.61. The van der Waals surface area contributed by atoms with E-state index in [4.69, 9.17) is 16.0 Å². The molecule has 3 rings (SSSR count). The minimum atomic E-state index is -0.494. The molecule has 0 atom stereocenters. The number of para-hydroxylation sites is 1. The number of benzene rings is 2. The number of hydrogen-bond acceptors (Lipinski definition) is 3. The lowest BCUT2D eigenvalue weighted by molar-refractivity contribution is -0.116. The number of aryl methyl sites for hydroxylation is 2. The maximum Gasteiger partial charge on any atom is 0.419 e. The van der Waals surface area contributed by atoms with E-state index in [0.717, 1.165) is 11.3 Å². The molecule has 0 saturated carbocycles. The number of aromatic nitrogens is 1. The molecule has 1 heterocycles. The molecule has 0 unspecified atom stereocenters. The minimum Gasteiger partial charge on any atom is -0.408 e. The van der Waals surface area contributed by atoms with Gasteiger partial charge in [-0.3, -0.25) is 9.36 Å². The second-order valence-corrected chi connectivity index (χ2v) is 5.68. The summed E-state index contributed by atoms with van der Waals surface area (Å²) in [5.41, 5.74) is 2.80. The van der Waals surface area contributed by atoms with Crippen molar-refractivity contribution in [1.29, 1.82) is 0 Å². The van der Waals surface area contributed by atoms with Crippen molar-refractivity contribution < 1.29 is 9.21 Å². The fraction of sp³-hybridized carbons (Fsp3) is 0.176. The zero-order chi connectivity index (χ0) is 16.4. The topological polar surface area (TPSA) is 64.2 Å². The fourth-order valence-electron chi connectivity index (χ4n) is 2.39. The van der Waals surface area contributed by atoms with E-state index in [1.165, 1.54) is 4.57 Å². The number of nitrogens with one attached hydrogen (secondary N) is 1. The number of amides is 1. The number of rotatable bonds is 4. The fourth-order valence-corrected chi connectivity index (χ4v) is 2.55. The van der Waals surface area contributed by atoms with Gasteiger partial charge in [-0.1, -0.05) is 29.8 Å². The molecule has 0 aliphatic rings. The summed E-state index contributed by atoms with van der Waals surface area (Å²) in [7, 11) is 0. The smallest absolute Gasteiger partial charge is 0.408 e. The molecule has 1 amide bonds. The van der Waals surface area contributed by atoms with Crippen LogP contribution in [-0.4, -0.2) is 10.5 Å². The van der Waals surface area contributed by atoms with E-state index in [0.29, 0.717) is 16.1 Å². The molecule has 1 aromatic heterocycles. The Morgan fingerprint density at radius 2 is 2.04 bits per heavy atom. The van der Waals surface area contributed by atoms with Crippen LogP contribution in [0.3, 0.4) is 0 Å². The number of hydrogen-bond donors (Lipinski definition) is 1. The van der Waals surface area contributed by atoms with Crippen molar-refractivity contribution in [2.24, 2.45) is 0 Å². The average molecular weight is 331 g/mol. The molecule has 23 heavy (non-hydrogen) atoms. The summed E-state index contributed by atoms with van der Waals surface area (Å²) in [6, 6.07) is 12.5. The van der Waals surface area contributed by atoms with E-state index in [1.54, 1.807) is 18.2 Å². The van der Waals surface area contributed by atoms with Gasteiger partial charge in [-0.05, 0) is 36.8 Å². The first-order valence-corrected chi connectivity index (χ1v) is 7.57. The summed E-state index contributed by atoms with van der Waals surface area (Å²) in [5.74, 6) is -0.659. The Kier molecular flexibility index (Phi) is 4.21. The second kappa shape index (κ2) is 6.30. The van der Waals surface area contributed by atoms with Crippen molar-refractivity contribution in [2.75, 3.05) is 5.32 Å². The van der Waals surface area contributed by atoms with Crippen molar-refractivity contribution in [1.82, 2.24) is 4.57 Å². The van der Waals surface area contributed by atoms with E-state index >= 15 is 0 Å². The Morgan fingerprint density at radius 3 is 2.83 bits per heavy atom. The highest BCUT2D eigenvalue weighted by atomic mass is 35.5. The van der Waals surface area contributed by atoms with Crippen LogP contribution in [0, 0.1) is 6.92 Å². The quantitative estimate of drug-likeness (QED) is 0.795. The molecule has 0 saturated heterocycles. The average Bonchev–Trinajstić information content (AvgIpc) is 2.82. The number of oxazole rings is 1. The minimum absolute atomic E-state index is 0.162. The van der Waals surface area contributed by atoms with E-state index in [2.05, 4.69) is 5.32 Å². The third-order valence-corrected chi connectivity index (χ3v) is 3.85. The molecule has 3 aromatic rings. The van der Waals surface area contributed by atoms with Crippen LogP contribution in [-0.2, 0) is 11.3 Å². The number of anilines is 1. The molecule has 0 spiro atoms. The number of fused-ring (bicyclic) bond motifs is 1. The molecule has 0 radical (unpaired) electrons. The maximum absolute atomic E-state index is 12.1. The predicted molar refractivity (Wildman–Crippen MR) is 89.9 cm³/mol. The van der Waals surface area contributed by atoms with Crippen LogP contribution in [0.2, 0.25) is 5.02 Å². The zero-order valence-corrected chi connectivity index (χ0v) is 13.3. The maximum atomic E-state index is 12.1. The highest BCUT2D eigenvalue weighted by molar-refractivity contribution is 6.31. The van der Waals surface area contributed by atoms with Gasteiger partial charge in [0.25, 0.3) is 0 Å². The predicted octanol–water partition coefficient (Wildman–Crippen LogP) is 3.59. The van der Waals surface area contributed by atoms with Gasteiger partial charge in [0.15, 0.2) is 5.58 Å². The summed E-state index contributed by atoms with van der Waals surface area (Å²) in [5, 5.41) is 3.35. The van der Waals surface area contributed by atoms with Crippen molar-refractivity contribution in [3.63, 3.8) is 0 Å². The standard InChI is InChI=1S/C17H15ClN2O3/c1-11-4-2-3-5-13(11)19-16(21)8-9-20-14-10-12(18)6-7-15(14)23-17(20)22/h2-7,10H,8-9H2,1H3,(H,19,21). The first kappa shape index (κ1) is 15.4. The third kappa shape index (κ3) is 3.29. The van der Waals surface area contributed by atoms with Crippen LogP contribution in [0.1, 0.15) is 12.0 Å². The summed E-state index contributed by atoms with van der Waals surface area (Å²) < 4.78 is 6.56. The Balaban J connectivity index is 1.75. The van der Waals surface area contributed by atoms with Gasteiger partial charge in [0.1, 0.15) is 0 Å². The van der Waals surface area contributed by atoms with Crippen molar-refractivity contribution in [3.05, 3.63) is 63.6 Å². The molecule has 0 bridgehead atoms. The first-order valence-electron chi connectivity index (χ1n) is 7.19. The molecule has 118 valence electrons. The summed E-state index contributed by atoms with van der Waals surface area (Å²) in [4.78, 5) is 24.0. The van der Waals surface area contributed by atoms with Crippen molar-refractivity contribution in [3.8, 4) is 0 Å². The van der Waals surface area contributed by atoms with Gasteiger partial charge in [0.05, 0.1) is 5.52 Å². The monoisotopic (exact) mass is 330 g/mol. The van der Waals surface area contributed by atoms with E-state index in [9.17, 15) is 9.59 Å². The van der Waals surface area contributed by atoms with E-state index in [1.807, 2.05) is 31.2 Å². The van der Waals surface area contributed by atoms with Crippen LogP contribution in [0.25, 0.3) is 11.1 Å². The van der Waals surface area contributed by atoms with Crippen molar-refractivity contribution >= 4 is 34.3 Å². The lowest BCUT2D eigenvalue weighted by atomic mass is 10.2. The molecule has 0 aliphatic carbocycles. The first-order chi connectivity index (χ1) is 11.0. The van der Waals surface area contributed by atoms with Crippen LogP contribution in [0.15, 0.2) is 51.7 Å². The lowest BCUT2D eigenvalue weighted by Gasteiger charge is -2.08. The van der Waals surface area contributed by atoms with Crippen molar-refractivity contribution in [2.45, 2.75) is 19.9 Å².